The summed E-state index contributed by atoms with van der Waals surface area (Å²) in [5, 5.41) is 7.32. The first kappa shape index (κ1) is 24.6. The largest absolute Gasteiger partial charge is 0.379 e. The third-order valence-corrected chi connectivity index (χ3v) is 7.14. The average Bonchev–Trinajstić information content (AvgIpc) is 3.37. The molecule has 0 spiro atoms. The quantitative estimate of drug-likeness (QED) is 0.519. The maximum absolute atomic E-state index is 12.8. The van der Waals surface area contributed by atoms with E-state index in [0.29, 0.717) is 24.8 Å². The van der Waals surface area contributed by atoms with Crippen molar-refractivity contribution in [2.75, 3.05) is 39.4 Å². The van der Waals surface area contributed by atoms with Gasteiger partial charge in [-0.3, -0.25) is 14.6 Å². The Morgan fingerprint density at radius 2 is 1.72 bits per heavy atom. The van der Waals surface area contributed by atoms with Gasteiger partial charge in [0.2, 0.25) is 17.6 Å². The Hall–Kier alpha value is -3.07. The number of hydrogen-bond donors (Lipinski definition) is 1. The number of carbonyl (C=O) groups is 1. The minimum absolute atomic E-state index is 0.0444. The first-order valence-electron chi connectivity index (χ1n) is 12.9. The Morgan fingerprint density at radius 1 is 0.972 bits per heavy atom. The number of likely N-dealkylation sites (tertiary alicyclic amines) is 1. The zero-order chi connectivity index (χ0) is 24.7. The van der Waals surface area contributed by atoms with Crippen molar-refractivity contribution < 1.29 is 14.1 Å². The van der Waals surface area contributed by atoms with Crippen molar-refractivity contribution in [2.45, 2.75) is 39.4 Å². The molecule has 0 saturated carbocycles. The van der Waals surface area contributed by atoms with Crippen LogP contribution in [-0.4, -0.2) is 65.2 Å². The van der Waals surface area contributed by atoms with Gasteiger partial charge in [0.1, 0.15) is 0 Å². The SMILES string of the molecule is Cc1ccccc1-c1noc(CN2CCC(C(=O)NCc3cccc(CN4CCOCC4)c3)CC2)n1. The lowest BCUT2D eigenvalue weighted by Gasteiger charge is -2.30. The lowest BCUT2D eigenvalue weighted by atomic mass is 9.96. The van der Waals surface area contributed by atoms with Crippen LogP contribution in [0.4, 0.5) is 0 Å². The Morgan fingerprint density at radius 3 is 2.53 bits per heavy atom. The van der Waals surface area contributed by atoms with Crippen LogP contribution in [0.1, 0.15) is 35.4 Å². The second-order valence-electron chi connectivity index (χ2n) is 9.80. The van der Waals surface area contributed by atoms with Gasteiger partial charge in [0.15, 0.2) is 0 Å². The van der Waals surface area contributed by atoms with Crippen LogP contribution in [0.3, 0.4) is 0 Å². The molecule has 2 aromatic carbocycles. The lowest BCUT2D eigenvalue weighted by molar-refractivity contribution is -0.126. The standard InChI is InChI=1S/C28H35N5O3/c1-21-5-2-3-8-25(21)27-30-26(36-31-27)20-32-11-9-24(10-12-32)28(34)29-18-22-6-4-7-23(17-22)19-33-13-15-35-16-14-33/h2-8,17,24H,9-16,18-20H2,1H3,(H,29,34). The predicted molar refractivity (Wildman–Crippen MR) is 137 cm³/mol. The van der Waals surface area contributed by atoms with Gasteiger partial charge >= 0.3 is 0 Å². The van der Waals surface area contributed by atoms with E-state index in [0.717, 1.165) is 75.5 Å². The third kappa shape index (κ3) is 6.37. The second kappa shape index (κ2) is 11.8. The molecule has 2 fully saturated rings. The van der Waals surface area contributed by atoms with E-state index in [1.165, 1.54) is 5.56 Å². The Bertz CT molecular complexity index is 1150. The highest BCUT2D eigenvalue weighted by Crippen LogP contribution is 2.22. The zero-order valence-electron chi connectivity index (χ0n) is 21.0. The average molecular weight is 490 g/mol. The van der Waals surface area contributed by atoms with E-state index in [-0.39, 0.29) is 11.8 Å². The summed E-state index contributed by atoms with van der Waals surface area (Å²) in [6.45, 7) is 9.39. The van der Waals surface area contributed by atoms with Gasteiger partial charge in [-0.2, -0.15) is 4.98 Å². The minimum Gasteiger partial charge on any atom is -0.379 e. The number of amides is 1. The van der Waals surface area contributed by atoms with E-state index in [2.05, 4.69) is 49.5 Å². The predicted octanol–water partition coefficient (Wildman–Crippen LogP) is 3.41. The molecule has 8 nitrogen and oxygen atoms in total. The summed E-state index contributed by atoms with van der Waals surface area (Å²) in [7, 11) is 0. The summed E-state index contributed by atoms with van der Waals surface area (Å²) in [6, 6.07) is 16.6. The maximum atomic E-state index is 12.8. The number of piperidine rings is 1. The van der Waals surface area contributed by atoms with Gasteiger partial charge in [-0.1, -0.05) is 53.7 Å². The molecule has 1 amide bonds. The molecule has 0 aliphatic carbocycles. The summed E-state index contributed by atoms with van der Waals surface area (Å²) in [5.74, 6) is 1.44. The molecule has 0 unspecified atom stereocenters. The molecule has 5 rings (SSSR count). The van der Waals surface area contributed by atoms with Crippen LogP contribution >= 0.6 is 0 Å². The molecular formula is C28H35N5O3. The Balaban J connectivity index is 1.06. The minimum atomic E-state index is 0.0444. The first-order valence-corrected chi connectivity index (χ1v) is 12.9. The van der Waals surface area contributed by atoms with Gasteiger partial charge < -0.3 is 14.6 Å². The molecule has 2 aliphatic rings. The number of aromatic nitrogens is 2. The molecule has 1 N–H and O–H groups in total. The number of aryl methyl sites for hydroxylation is 1. The van der Waals surface area contributed by atoms with Crippen molar-refractivity contribution in [3.63, 3.8) is 0 Å². The number of morpholine rings is 1. The van der Waals surface area contributed by atoms with Gasteiger partial charge in [-0.25, -0.2) is 0 Å². The topological polar surface area (TPSA) is 83.7 Å². The molecule has 3 heterocycles. The molecule has 190 valence electrons. The maximum Gasteiger partial charge on any atom is 0.241 e. The van der Waals surface area contributed by atoms with Crippen LogP contribution in [-0.2, 0) is 29.2 Å². The van der Waals surface area contributed by atoms with Gasteiger partial charge in [0.25, 0.3) is 0 Å². The van der Waals surface area contributed by atoms with Crippen LogP contribution in [0, 0.1) is 12.8 Å². The molecule has 0 atom stereocenters. The molecule has 8 heteroatoms. The zero-order valence-corrected chi connectivity index (χ0v) is 21.0. The van der Waals surface area contributed by atoms with Crippen LogP contribution in [0.5, 0.6) is 0 Å². The fourth-order valence-corrected chi connectivity index (χ4v) is 4.99. The second-order valence-corrected chi connectivity index (χ2v) is 9.80. The van der Waals surface area contributed by atoms with E-state index < -0.39 is 0 Å². The van der Waals surface area contributed by atoms with E-state index >= 15 is 0 Å². The van der Waals surface area contributed by atoms with Gasteiger partial charge in [0, 0.05) is 37.7 Å². The van der Waals surface area contributed by atoms with Crippen molar-refractivity contribution in [1.29, 1.82) is 0 Å². The summed E-state index contributed by atoms with van der Waals surface area (Å²) in [5.41, 5.74) is 4.55. The fraction of sp³-hybridized carbons (Fsp3) is 0.464. The number of nitrogens with zero attached hydrogens (tertiary/aromatic N) is 4. The molecule has 3 aromatic rings. The van der Waals surface area contributed by atoms with Crippen LogP contribution in [0.15, 0.2) is 53.1 Å². The lowest BCUT2D eigenvalue weighted by Crippen LogP contribution is -2.40. The molecule has 36 heavy (non-hydrogen) atoms. The molecule has 2 saturated heterocycles. The van der Waals surface area contributed by atoms with Crippen LogP contribution < -0.4 is 5.32 Å². The summed E-state index contributed by atoms with van der Waals surface area (Å²) in [6.07, 6.45) is 1.67. The number of nitrogens with one attached hydrogen (secondary N) is 1. The van der Waals surface area contributed by atoms with Gasteiger partial charge in [0.05, 0.1) is 19.8 Å². The Labute approximate surface area is 212 Å². The van der Waals surface area contributed by atoms with Crippen molar-refractivity contribution in [1.82, 2.24) is 25.3 Å². The van der Waals surface area contributed by atoms with Crippen LogP contribution in [0.2, 0.25) is 0 Å². The summed E-state index contributed by atoms with van der Waals surface area (Å²) >= 11 is 0. The molecule has 0 radical (unpaired) electrons. The molecule has 2 aliphatic heterocycles. The van der Waals surface area contributed by atoms with E-state index in [1.807, 2.05) is 31.2 Å². The van der Waals surface area contributed by atoms with Crippen molar-refractivity contribution in [2.24, 2.45) is 5.92 Å². The number of ether oxygens (including phenoxy) is 1. The van der Waals surface area contributed by atoms with Crippen LogP contribution in [0.25, 0.3) is 11.4 Å². The molecule has 0 bridgehead atoms. The van der Waals surface area contributed by atoms with Crippen molar-refractivity contribution >= 4 is 5.91 Å². The highest BCUT2D eigenvalue weighted by atomic mass is 16.5. The number of carbonyl (C=O) groups excluding carboxylic acids is 1. The van der Waals surface area contributed by atoms with E-state index in [1.54, 1.807) is 0 Å². The number of hydrogen-bond acceptors (Lipinski definition) is 7. The first-order chi connectivity index (χ1) is 17.6. The smallest absolute Gasteiger partial charge is 0.241 e. The third-order valence-electron chi connectivity index (χ3n) is 7.14. The Kier molecular flexibility index (Phi) is 8.05. The van der Waals surface area contributed by atoms with Gasteiger partial charge in [-0.05, 0) is 49.5 Å². The molecular weight excluding hydrogens is 454 g/mol. The summed E-state index contributed by atoms with van der Waals surface area (Å²) < 4.78 is 10.9. The number of benzene rings is 2. The normalized spacial score (nSPS) is 17.8. The monoisotopic (exact) mass is 489 g/mol. The van der Waals surface area contributed by atoms with E-state index in [9.17, 15) is 4.79 Å². The van der Waals surface area contributed by atoms with Crippen molar-refractivity contribution in [3.05, 3.63) is 71.1 Å². The highest BCUT2D eigenvalue weighted by molar-refractivity contribution is 5.78. The fourth-order valence-electron chi connectivity index (χ4n) is 4.99. The van der Waals surface area contributed by atoms with Crippen molar-refractivity contribution in [3.8, 4) is 11.4 Å². The molecule has 1 aromatic heterocycles. The summed E-state index contributed by atoms with van der Waals surface area (Å²) in [4.78, 5) is 22.1. The van der Waals surface area contributed by atoms with E-state index in [4.69, 9.17) is 9.26 Å². The van der Waals surface area contributed by atoms with Gasteiger partial charge in [-0.15, -0.1) is 0 Å². The highest BCUT2D eigenvalue weighted by Gasteiger charge is 2.26. The number of rotatable bonds is 8.